The van der Waals surface area contributed by atoms with E-state index in [9.17, 15) is 13.2 Å². The molecule has 2 aromatic rings. The van der Waals surface area contributed by atoms with Gasteiger partial charge in [-0.1, -0.05) is 18.2 Å². The van der Waals surface area contributed by atoms with Gasteiger partial charge in [-0.3, -0.25) is 14.8 Å². The van der Waals surface area contributed by atoms with Crippen LogP contribution in [-0.2, 0) is 19.4 Å². The van der Waals surface area contributed by atoms with E-state index < -0.39 is 33.0 Å². The number of hydrogen-bond acceptors (Lipinski definition) is 7. The minimum absolute atomic E-state index is 0.00493. The Bertz CT molecular complexity index is 891. The van der Waals surface area contributed by atoms with Gasteiger partial charge in [0.2, 0.25) is 0 Å². The Morgan fingerprint density at radius 2 is 1.54 bits per heavy atom. The first-order valence-corrected chi connectivity index (χ1v) is 9.62. The molecule has 0 saturated heterocycles. The second-order valence-electron chi connectivity index (χ2n) is 6.02. The number of benzene rings is 2. The zero-order valence-corrected chi connectivity index (χ0v) is 16.1. The lowest BCUT2D eigenvalue weighted by molar-refractivity contribution is -0.134. The van der Waals surface area contributed by atoms with Crippen molar-refractivity contribution < 1.29 is 33.1 Å². The van der Waals surface area contributed by atoms with Gasteiger partial charge < -0.3 is 15.6 Å². The van der Waals surface area contributed by atoms with E-state index in [1.54, 1.807) is 12.1 Å². The summed E-state index contributed by atoms with van der Waals surface area (Å²) >= 11 is 0. The van der Waals surface area contributed by atoms with Gasteiger partial charge in [-0.25, -0.2) is 13.9 Å². The van der Waals surface area contributed by atoms with E-state index in [4.69, 9.17) is 25.6 Å². The van der Waals surface area contributed by atoms with Crippen molar-refractivity contribution in [2.24, 2.45) is 5.73 Å². The fourth-order valence-corrected chi connectivity index (χ4v) is 3.65. The molecule has 5 N–H and O–H groups in total. The molecule has 28 heavy (non-hydrogen) atoms. The molecule has 0 fully saturated rings. The molecule has 0 bridgehead atoms. The van der Waals surface area contributed by atoms with E-state index in [1.165, 1.54) is 36.7 Å². The second kappa shape index (κ2) is 9.83. The molecular formula is C18H22N2O7S. The summed E-state index contributed by atoms with van der Waals surface area (Å²) in [6.45, 7) is 2.31. The SMILES string of the molecule is CC(=O)O.CC(N)(CS(=O)(=O)c1ccc(Oc2ccccc2)cc1)C(=O)NO. The number of rotatable bonds is 6. The van der Waals surface area contributed by atoms with Gasteiger partial charge in [0, 0.05) is 6.92 Å². The van der Waals surface area contributed by atoms with Gasteiger partial charge in [0.25, 0.3) is 11.9 Å². The molecular weight excluding hydrogens is 388 g/mol. The summed E-state index contributed by atoms with van der Waals surface area (Å²) in [5.41, 5.74) is 5.26. The molecule has 0 spiro atoms. The predicted molar refractivity (Wildman–Crippen MR) is 101 cm³/mol. The zero-order chi connectivity index (χ0) is 21.4. The molecule has 152 valence electrons. The summed E-state index contributed by atoms with van der Waals surface area (Å²) in [4.78, 5) is 20.4. The average Bonchev–Trinajstić information content (AvgIpc) is 2.61. The van der Waals surface area contributed by atoms with Gasteiger partial charge in [0.05, 0.1) is 10.6 Å². The van der Waals surface area contributed by atoms with Crippen LogP contribution in [0.3, 0.4) is 0 Å². The van der Waals surface area contributed by atoms with Gasteiger partial charge in [-0.05, 0) is 43.3 Å². The normalized spacial score (nSPS) is 12.7. The van der Waals surface area contributed by atoms with Crippen LogP contribution < -0.4 is 16.0 Å². The van der Waals surface area contributed by atoms with E-state index >= 15 is 0 Å². The van der Waals surface area contributed by atoms with Crippen molar-refractivity contribution in [3.63, 3.8) is 0 Å². The third-order valence-electron chi connectivity index (χ3n) is 3.27. The van der Waals surface area contributed by atoms with Crippen molar-refractivity contribution in [3.05, 3.63) is 54.6 Å². The van der Waals surface area contributed by atoms with Crippen molar-refractivity contribution in [3.8, 4) is 11.5 Å². The number of carbonyl (C=O) groups excluding carboxylic acids is 1. The Hall–Kier alpha value is -2.95. The van der Waals surface area contributed by atoms with E-state index in [0.29, 0.717) is 11.5 Å². The lowest BCUT2D eigenvalue weighted by atomic mass is 10.1. The quantitative estimate of drug-likeness (QED) is 0.413. The fourth-order valence-electron chi connectivity index (χ4n) is 2.01. The highest BCUT2D eigenvalue weighted by Gasteiger charge is 2.34. The van der Waals surface area contributed by atoms with E-state index in [1.807, 2.05) is 18.2 Å². The number of aliphatic carboxylic acids is 1. The standard InChI is InChI=1S/C16H18N2O5S.C2H4O2/c1-16(17,15(19)18-20)11-24(21,22)14-9-7-13(8-10-14)23-12-5-3-2-4-6-12;1-2(3)4/h2-10,20H,11,17H2,1H3,(H,18,19);1H3,(H,3,4). The monoisotopic (exact) mass is 410 g/mol. The van der Waals surface area contributed by atoms with E-state index in [0.717, 1.165) is 6.92 Å². The molecule has 0 aromatic heterocycles. The third kappa shape index (κ3) is 7.35. The van der Waals surface area contributed by atoms with Crippen molar-refractivity contribution in [2.45, 2.75) is 24.3 Å². The van der Waals surface area contributed by atoms with Crippen molar-refractivity contribution in [1.82, 2.24) is 5.48 Å². The number of nitrogens with two attached hydrogens (primary N) is 1. The molecule has 0 aliphatic carbocycles. The van der Waals surface area contributed by atoms with Crippen LogP contribution in [0.5, 0.6) is 11.5 Å². The third-order valence-corrected chi connectivity index (χ3v) is 5.24. The molecule has 2 aromatic carbocycles. The highest BCUT2D eigenvalue weighted by molar-refractivity contribution is 7.91. The molecule has 0 heterocycles. The van der Waals surface area contributed by atoms with Crippen molar-refractivity contribution in [2.75, 3.05) is 5.75 Å². The Morgan fingerprint density at radius 3 is 2.00 bits per heavy atom. The molecule has 1 amide bonds. The molecule has 0 aliphatic rings. The number of nitrogens with one attached hydrogen (secondary N) is 1. The maximum absolute atomic E-state index is 12.4. The van der Waals surface area contributed by atoms with Crippen LogP contribution >= 0.6 is 0 Å². The maximum atomic E-state index is 12.4. The summed E-state index contributed by atoms with van der Waals surface area (Å²) in [7, 11) is -3.82. The smallest absolute Gasteiger partial charge is 0.300 e. The molecule has 9 nitrogen and oxygen atoms in total. The Morgan fingerprint density at radius 1 is 1.07 bits per heavy atom. The Labute approximate surface area is 162 Å². The average molecular weight is 410 g/mol. The first-order chi connectivity index (χ1) is 13.0. The molecule has 1 unspecified atom stereocenters. The van der Waals surface area contributed by atoms with E-state index in [2.05, 4.69) is 0 Å². The minimum Gasteiger partial charge on any atom is -0.481 e. The lowest BCUT2D eigenvalue weighted by Crippen LogP contribution is -2.55. The number of sulfone groups is 1. The Balaban J connectivity index is 0.000000892. The first-order valence-electron chi connectivity index (χ1n) is 7.96. The molecule has 2 rings (SSSR count). The number of hydrogen-bond donors (Lipinski definition) is 4. The summed E-state index contributed by atoms with van der Waals surface area (Å²) in [5.74, 6) is -1.35. The second-order valence-corrected chi connectivity index (χ2v) is 8.01. The molecule has 1 atom stereocenters. The Kier molecular flexibility index (Phi) is 8.11. The van der Waals surface area contributed by atoms with Crippen LogP contribution in [0.1, 0.15) is 13.8 Å². The number of amides is 1. The summed E-state index contributed by atoms with van der Waals surface area (Å²) < 4.78 is 30.3. The lowest BCUT2D eigenvalue weighted by Gasteiger charge is -2.21. The van der Waals surface area contributed by atoms with E-state index in [-0.39, 0.29) is 4.90 Å². The highest BCUT2D eigenvalue weighted by atomic mass is 32.2. The summed E-state index contributed by atoms with van der Waals surface area (Å²) in [6.07, 6.45) is 0. The number of carbonyl (C=O) groups is 2. The topological polar surface area (TPSA) is 156 Å². The van der Waals surface area contributed by atoms with Crippen LogP contribution in [-0.4, -0.2) is 41.9 Å². The molecule has 0 aliphatic heterocycles. The highest BCUT2D eigenvalue weighted by Crippen LogP contribution is 2.23. The van der Waals surface area contributed by atoms with Gasteiger partial charge in [-0.2, -0.15) is 0 Å². The fraction of sp³-hybridized carbons (Fsp3) is 0.222. The van der Waals surface area contributed by atoms with Crippen LogP contribution in [0, 0.1) is 0 Å². The summed E-state index contributed by atoms with van der Waals surface area (Å²) in [5, 5.41) is 16.0. The number of ether oxygens (including phenoxy) is 1. The maximum Gasteiger partial charge on any atom is 0.300 e. The number of hydroxylamine groups is 1. The van der Waals surface area contributed by atoms with Gasteiger partial charge in [-0.15, -0.1) is 0 Å². The van der Waals surface area contributed by atoms with Crippen LogP contribution in [0.2, 0.25) is 0 Å². The number of carboxylic acids is 1. The van der Waals surface area contributed by atoms with Crippen molar-refractivity contribution in [1.29, 1.82) is 0 Å². The zero-order valence-electron chi connectivity index (χ0n) is 15.3. The minimum atomic E-state index is -3.82. The summed E-state index contributed by atoms with van der Waals surface area (Å²) in [6, 6.07) is 14.8. The number of para-hydroxylation sites is 1. The van der Waals surface area contributed by atoms with Gasteiger partial charge >= 0.3 is 0 Å². The first kappa shape index (κ1) is 23.1. The van der Waals surface area contributed by atoms with Gasteiger partial charge in [0.1, 0.15) is 17.0 Å². The van der Waals surface area contributed by atoms with Crippen LogP contribution in [0.15, 0.2) is 59.5 Å². The van der Waals surface area contributed by atoms with Crippen LogP contribution in [0.4, 0.5) is 0 Å². The number of carboxylic acid groups (broad SMARTS) is 1. The molecule has 0 saturated carbocycles. The molecule has 0 radical (unpaired) electrons. The van der Waals surface area contributed by atoms with Crippen molar-refractivity contribution >= 4 is 21.7 Å². The van der Waals surface area contributed by atoms with Crippen LogP contribution in [0.25, 0.3) is 0 Å². The largest absolute Gasteiger partial charge is 0.481 e. The van der Waals surface area contributed by atoms with Gasteiger partial charge in [0.15, 0.2) is 9.84 Å². The predicted octanol–water partition coefficient (Wildman–Crippen LogP) is 1.57. The molecule has 10 heteroatoms.